The van der Waals surface area contributed by atoms with Crippen LogP contribution in [0.15, 0.2) is 29.2 Å². The molecule has 1 aromatic rings. The van der Waals surface area contributed by atoms with Crippen molar-refractivity contribution in [3.05, 3.63) is 29.3 Å². The summed E-state index contributed by atoms with van der Waals surface area (Å²) < 4.78 is 0. The average Bonchev–Trinajstić information content (AvgIpc) is 3.12. The third kappa shape index (κ3) is 3.13. The molecule has 3 rings (SSSR count). The van der Waals surface area contributed by atoms with Crippen molar-refractivity contribution in [2.45, 2.75) is 53.8 Å². The highest BCUT2D eigenvalue weighted by molar-refractivity contribution is 8.00. The van der Waals surface area contributed by atoms with Crippen LogP contribution in [0, 0.1) is 0 Å². The van der Waals surface area contributed by atoms with Crippen LogP contribution in [0.3, 0.4) is 0 Å². The number of amides is 1. The van der Waals surface area contributed by atoms with Crippen LogP contribution in [0.1, 0.15) is 32.1 Å². The van der Waals surface area contributed by atoms with Gasteiger partial charge in [-0.25, -0.2) is 0 Å². The topological polar surface area (TPSA) is 55.1 Å². The Labute approximate surface area is 128 Å². The van der Waals surface area contributed by atoms with E-state index in [9.17, 15) is 4.79 Å². The predicted octanol–water partition coefficient (Wildman–Crippen LogP) is 2.96. The molecule has 1 amide bonds. The first kappa shape index (κ1) is 14.2. The molecule has 3 N–H and O–H groups in total. The fourth-order valence-electron chi connectivity index (χ4n) is 2.85. The van der Waals surface area contributed by atoms with E-state index in [0.29, 0.717) is 11.3 Å². The van der Waals surface area contributed by atoms with Crippen LogP contribution < -0.4 is 11.1 Å². The van der Waals surface area contributed by atoms with Crippen molar-refractivity contribution in [1.82, 2.24) is 5.32 Å². The minimum Gasteiger partial charge on any atom is -0.368 e. The van der Waals surface area contributed by atoms with Gasteiger partial charge in [-0.05, 0) is 56.4 Å². The van der Waals surface area contributed by atoms with Gasteiger partial charge in [0.2, 0.25) is 5.91 Å². The minimum atomic E-state index is -0.481. The molecule has 5 heteroatoms. The maximum absolute atomic E-state index is 11.9. The second-order valence-corrected chi connectivity index (χ2v) is 7.61. The summed E-state index contributed by atoms with van der Waals surface area (Å²) in [6.45, 7) is 0. The van der Waals surface area contributed by atoms with Crippen LogP contribution in [-0.4, -0.2) is 22.7 Å². The Morgan fingerprint density at radius 2 is 2.00 bits per heavy atom. The van der Waals surface area contributed by atoms with Crippen molar-refractivity contribution in [3.8, 4) is 0 Å². The zero-order valence-corrected chi connectivity index (χ0v) is 12.8. The number of thioether (sulfide) groups is 1. The Balaban J connectivity index is 1.65. The van der Waals surface area contributed by atoms with E-state index in [2.05, 4.69) is 5.32 Å². The minimum absolute atomic E-state index is 0.191. The fourth-order valence-corrected chi connectivity index (χ4v) is 4.26. The Kier molecular flexibility index (Phi) is 3.98. The molecule has 0 bridgehead atoms. The lowest BCUT2D eigenvalue weighted by Gasteiger charge is -2.27. The van der Waals surface area contributed by atoms with E-state index in [0.717, 1.165) is 24.3 Å². The molecule has 0 aromatic heterocycles. The SMILES string of the molecule is NC(=O)C1(NC2CC2)CCC(Sc2ccc(Cl)cc2)C1. The second kappa shape index (κ2) is 5.58. The normalized spacial score (nSPS) is 29.6. The van der Waals surface area contributed by atoms with Gasteiger partial charge in [0.1, 0.15) is 0 Å². The second-order valence-electron chi connectivity index (χ2n) is 5.80. The smallest absolute Gasteiger partial charge is 0.237 e. The Bertz CT molecular complexity index is 503. The number of nitrogens with one attached hydrogen (secondary N) is 1. The Morgan fingerprint density at radius 3 is 2.60 bits per heavy atom. The number of carbonyl (C=O) groups excluding carboxylic acids is 1. The van der Waals surface area contributed by atoms with E-state index in [1.54, 1.807) is 0 Å². The van der Waals surface area contributed by atoms with E-state index in [4.69, 9.17) is 17.3 Å². The number of primary amides is 1. The monoisotopic (exact) mass is 310 g/mol. The molecule has 0 aliphatic heterocycles. The van der Waals surface area contributed by atoms with Crippen molar-refractivity contribution in [2.75, 3.05) is 0 Å². The molecule has 0 spiro atoms. The van der Waals surface area contributed by atoms with Crippen molar-refractivity contribution >= 4 is 29.3 Å². The highest BCUT2D eigenvalue weighted by atomic mass is 35.5. The van der Waals surface area contributed by atoms with E-state index in [1.165, 1.54) is 17.7 Å². The lowest BCUT2D eigenvalue weighted by molar-refractivity contribution is -0.124. The first-order chi connectivity index (χ1) is 9.57. The number of hydrogen-bond acceptors (Lipinski definition) is 3. The fraction of sp³-hybridized carbons (Fsp3) is 0.533. The quantitative estimate of drug-likeness (QED) is 0.879. The maximum atomic E-state index is 11.9. The Hall–Kier alpha value is -0.710. The summed E-state index contributed by atoms with van der Waals surface area (Å²) in [7, 11) is 0. The van der Waals surface area contributed by atoms with E-state index < -0.39 is 5.54 Å². The van der Waals surface area contributed by atoms with Gasteiger partial charge >= 0.3 is 0 Å². The number of nitrogens with two attached hydrogens (primary N) is 1. The maximum Gasteiger partial charge on any atom is 0.237 e. The van der Waals surface area contributed by atoms with Gasteiger partial charge in [-0.2, -0.15) is 0 Å². The van der Waals surface area contributed by atoms with Crippen LogP contribution in [0.4, 0.5) is 0 Å². The largest absolute Gasteiger partial charge is 0.368 e. The first-order valence-corrected chi connectivity index (χ1v) is 8.33. The summed E-state index contributed by atoms with van der Waals surface area (Å²) in [5.41, 5.74) is 5.18. The van der Waals surface area contributed by atoms with E-state index >= 15 is 0 Å². The zero-order chi connectivity index (χ0) is 14.2. The molecule has 2 fully saturated rings. The summed E-state index contributed by atoms with van der Waals surface area (Å²) in [5.74, 6) is -0.191. The highest BCUT2D eigenvalue weighted by Crippen LogP contribution is 2.41. The first-order valence-electron chi connectivity index (χ1n) is 7.07. The van der Waals surface area contributed by atoms with Gasteiger partial charge in [0, 0.05) is 21.2 Å². The molecule has 0 saturated heterocycles. The molecule has 2 atom stereocenters. The van der Waals surface area contributed by atoms with Gasteiger partial charge in [-0.1, -0.05) is 11.6 Å². The van der Waals surface area contributed by atoms with Crippen LogP contribution in [0.5, 0.6) is 0 Å². The predicted molar refractivity (Wildman–Crippen MR) is 83.0 cm³/mol. The van der Waals surface area contributed by atoms with Crippen LogP contribution in [-0.2, 0) is 4.79 Å². The van der Waals surface area contributed by atoms with Gasteiger partial charge in [0.25, 0.3) is 0 Å². The summed E-state index contributed by atoms with van der Waals surface area (Å²) in [5, 5.41) is 4.67. The van der Waals surface area contributed by atoms with Crippen LogP contribution in [0.2, 0.25) is 5.02 Å². The van der Waals surface area contributed by atoms with E-state index in [-0.39, 0.29) is 5.91 Å². The number of benzene rings is 1. The molecule has 108 valence electrons. The van der Waals surface area contributed by atoms with Crippen LogP contribution in [0.25, 0.3) is 0 Å². The summed E-state index contributed by atoms with van der Waals surface area (Å²) in [6, 6.07) is 8.38. The molecule has 0 heterocycles. The molecule has 2 unspecified atom stereocenters. The van der Waals surface area contributed by atoms with Gasteiger partial charge in [0.05, 0.1) is 5.54 Å². The summed E-state index contributed by atoms with van der Waals surface area (Å²) in [4.78, 5) is 13.1. The number of halogens is 1. The number of carbonyl (C=O) groups is 1. The molecular weight excluding hydrogens is 292 g/mol. The number of hydrogen-bond donors (Lipinski definition) is 2. The molecule has 1 aromatic carbocycles. The van der Waals surface area contributed by atoms with Gasteiger partial charge in [0.15, 0.2) is 0 Å². The molecule has 2 aliphatic rings. The number of rotatable bonds is 5. The van der Waals surface area contributed by atoms with Gasteiger partial charge in [-0.3, -0.25) is 4.79 Å². The standard InChI is InChI=1S/C15H19ClN2OS/c16-10-1-5-12(6-2-10)20-13-7-8-15(9-13,14(17)19)18-11-3-4-11/h1-2,5-6,11,13,18H,3-4,7-9H2,(H2,17,19). The third-order valence-corrected chi connectivity index (χ3v) is 5.65. The average molecular weight is 311 g/mol. The molecule has 2 aliphatic carbocycles. The zero-order valence-electron chi connectivity index (χ0n) is 11.3. The van der Waals surface area contributed by atoms with E-state index in [1.807, 2.05) is 36.0 Å². The Morgan fingerprint density at radius 1 is 1.30 bits per heavy atom. The van der Waals surface area contributed by atoms with Crippen molar-refractivity contribution in [3.63, 3.8) is 0 Å². The molecule has 2 saturated carbocycles. The van der Waals surface area contributed by atoms with Crippen molar-refractivity contribution in [1.29, 1.82) is 0 Å². The third-order valence-electron chi connectivity index (χ3n) is 4.12. The highest BCUT2D eigenvalue weighted by Gasteiger charge is 2.46. The lowest BCUT2D eigenvalue weighted by atomic mass is 9.96. The molecule has 3 nitrogen and oxygen atoms in total. The van der Waals surface area contributed by atoms with Gasteiger partial charge in [-0.15, -0.1) is 11.8 Å². The molecule has 20 heavy (non-hydrogen) atoms. The van der Waals surface area contributed by atoms with Crippen LogP contribution >= 0.6 is 23.4 Å². The van der Waals surface area contributed by atoms with Crippen molar-refractivity contribution in [2.24, 2.45) is 5.73 Å². The molecular formula is C15H19ClN2OS. The van der Waals surface area contributed by atoms with Gasteiger partial charge < -0.3 is 11.1 Å². The molecule has 0 radical (unpaired) electrons. The lowest BCUT2D eigenvalue weighted by Crippen LogP contribution is -2.54. The van der Waals surface area contributed by atoms with Crippen molar-refractivity contribution < 1.29 is 4.79 Å². The summed E-state index contributed by atoms with van der Waals surface area (Å²) in [6.07, 6.45) is 5.04. The summed E-state index contributed by atoms with van der Waals surface area (Å²) >= 11 is 7.72.